The third kappa shape index (κ3) is 1.43. The van der Waals surface area contributed by atoms with E-state index in [2.05, 4.69) is 13.8 Å². The lowest BCUT2D eigenvalue weighted by atomic mass is 10.1. The Kier molecular flexibility index (Phi) is 2.09. The largest absolute Gasteiger partial charge is 0.356 e. The zero-order chi connectivity index (χ0) is 6.85. The maximum atomic E-state index is 5.40. The summed E-state index contributed by atoms with van der Waals surface area (Å²) in [6, 6.07) is 0. The van der Waals surface area contributed by atoms with Gasteiger partial charge in [-0.1, -0.05) is 6.92 Å². The van der Waals surface area contributed by atoms with Crippen molar-refractivity contribution in [2.75, 3.05) is 7.11 Å². The van der Waals surface area contributed by atoms with Gasteiger partial charge in [-0.25, -0.2) is 0 Å². The zero-order valence-electron chi connectivity index (χ0n) is 6.26. The van der Waals surface area contributed by atoms with Crippen molar-refractivity contribution < 1.29 is 9.47 Å². The standard InChI is InChI=1S/C7H14O2/c1-5-4-7(8-3)9-6(5)2/h5-7H,4H2,1-3H3/t5-,6+,7?/m0/s1. The highest BCUT2D eigenvalue weighted by Gasteiger charge is 2.28. The van der Waals surface area contributed by atoms with E-state index in [1.165, 1.54) is 0 Å². The molecule has 54 valence electrons. The summed E-state index contributed by atoms with van der Waals surface area (Å²) in [5.74, 6) is 0.648. The summed E-state index contributed by atoms with van der Waals surface area (Å²) in [5, 5.41) is 0. The molecule has 0 radical (unpaired) electrons. The van der Waals surface area contributed by atoms with Gasteiger partial charge in [-0.3, -0.25) is 0 Å². The molecule has 0 aromatic carbocycles. The summed E-state index contributed by atoms with van der Waals surface area (Å²) in [7, 11) is 1.69. The second-order valence-corrected chi connectivity index (χ2v) is 2.72. The van der Waals surface area contributed by atoms with Gasteiger partial charge < -0.3 is 9.47 Å². The van der Waals surface area contributed by atoms with E-state index in [4.69, 9.17) is 9.47 Å². The van der Waals surface area contributed by atoms with E-state index in [-0.39, 0.29) is 6.29 Å². The fraction of sp³-hybridized carbons (Fsp3) is 1.00. The summed E-state index contributed by atoms with van der Waals surface area (Å²) in [4.78, 5) is 0. The van der Waals surface area contributed by atoms with Crippen LogP contribution < -0.4 is 0 Å². The third-order valence-electron chi connectivity index (χ3n) is 1.99. The summed E-state index contributed by atoms with van der Waals surface area (Å²) in [6.45, 7) is 4.27. The summed E-state index contributed by atoms with van der Waals surface area (Å²) in [5.41, 5.74) is 0. The van der Waals surface area contributed by atoms with E-state index >= 15 is 0 Å². The number of hydrogen-bond donors (Lipinski definition) is 0. The Morgan fingerprint density at radius 2 is 2.11 bits per heavy atom. The molecule has 0 amide bonds. The molecule has 3 atom stereocenters. The molecule has 0 saturated carbocycles. The molecule has 1 aliphatic heterocycles. The van der Waals surface area contributed by atoms with E-state index in [0.29, 0.717) is 12.0 Å². The Bertz CT molecular complexity index is 82.9. The summed E-state index contributed by atoms with van der Waals surface area (Å²) in [6.07, 6.45) is 1.46. The van der Waals surface area contributed by atoms with Gasteiger partial charge in [0.2, 0.25) is 0 Å². The highest BCUT2D eigenvalue weighted by atomic mass is 16.7. The molecule has 0 aromatic rings. The molecule has 2 nitrogen and oxygen atoms in total. The van der Waals surface area contributed by atoms with Crippen molar-refractivity contribution in [1.82, 2.24) is 0 Å². The second kappa shape index (κ2) is 2.67. The van der Waals surface area contributed by atoms with E-state index < -0.39 is 0 Å². The van der Waals surface area contributed by atoms with Crippen molar-refractivity contribution in [2.45, 2.75) is 32.7 Å². The molecule has 1 aliphatic rings. The predicted octanol–water partition coefficient (Wildman–Crippen LogP) is 1.40. The van der Waals surface area contributed by atoms with Crippen molar-refractivity contribution in [3.8, 4) is 0 Å². The molecule has 1 rings (SSSR count). The van der Waals surface area contributed by atoms with Crippen LogP contribution in [0.5, 0.6) is 0 Å². The van der Waals surface area contributed by atoms with Crippen molar-refractivity contribution in [3.05, 3.63) is 0 Å². The molecule has 1 saturated heterocycles. The van der Waals surface area contributed by atoms with Crippen LogP contribution in [0.2, 0.25) is 0 Å². The second-order valence-electron chi connectivity index (χ2n) is 2.72. The molecule has 0 aliphatic carbocycles. The molecule has 1 fully saturated rings. The van der Waals surface area contributed by atoms with Gasteiger partial charge in [0.05, 0.1) is 6.10 Å². The van der Waals surface area contributed by atoms with Crippen molar-refractivity contribution in [1.29, 1.82) is 0 Å². The minimum absolute atomic E-state index is 0.0509. The smallest absolute Gasteiger partial charge is 0.157 e. The van der Waals surface area contributed by atoms with Crippen LogP contribution in [-0.4, -0.2) is 19.5 Å². The highest BCUT2D eigenvalue weighted by Crippen LogP contribution is 2.25. The van der Waals surface area contributed by atoms with Crippen molar-refractivity contribution >= 4 is 0 Å². The number of methoxy groups -OCH3 is 1. The van der Waals surface area contributed by atoms with Gasteiger partial charge in [-0.2, -0.15) is 0 Å². The fourth-order valence-corrected chi connectivity index (χ4v) is 1.08. The van der Waals surface area contributed by atoms with Gasteiger partial charge in [0.1, 0.15) is 0 Å². The SMILES string of the molecule is COC1C[C@H](C)[C@@H](C)O1. The van der Waals surface area contributed by atoms with Gasteiger partial charge in [0.15, 0.2) is 6.29 Å². The van der Waals surface area contributed by atoms with Gasteiger partial charge >= 0.3 is 0 Å². The topological polar surface area (TPSA) is 18.5 Å². The first-order valence-corrected chi connectivity index (χ1v) is 3.42. The lowest BCUT2D eigenvalue weighted by Gasteiger charge is -2.07. The maximum Gasteiger partial charge on any atom is 0.157 e. The molecule has 0 N–H and O–H groups in total. The van der Waals surface area contributed by atoms with E-state index in [1.54, 1.807) is 7.11 Å². The number of hydrogen-bond acceptors (Lipinski definition) is 2. The fourth-order valence-electron chi connectivity index (χ4n) is 1.08. The molecule has 1 heterocycles. The molecule has 0 spiro atoms. The Hall–Kier alpha value is -0.0800. The first kappa shape index (κ1) is 7.03. The van der Waals surface area contributed by atoms with Gasteiger partial charge in [0, 0.05) is 13.5 Å². The quantitative estimate of drug-likeness (QED) is 0.534. The van der Waals surface area contributed by atoms with Gasteiger partial charge in [-0.15, -0.1) is 0 Å². The number of rotatable bonds is 1. The zero-order valence-corrected chi connectivity index (χ0v) is 6.26. The Balaban J connectivity index is 2.35. The van der Waals surface area contributed by atoms with Crippen LogP contribution in [-0.2, 0) is 9.47 Å². The van der Waals surface area contributed by atoms with Crippen LogP contribution >= 0.6 is 0 Å². The first-order valence-electron chi connectivity index (χ1n) is 3.42. The van der Waals surface area contributed by atoms with Crippen LogP contribution in [0.3, 0.4) is 0 Å². The average Bonchev–Trinajstić information content (AvgIpc) is 2.13. The van der Waals surface area contributed by atoms with Crippen LogP contribution in [0, 0.1) is 5.92 Å². The van der Waals surface area contributed by atoms with Crippen LogP contribution in [0.15, 0.2) is 0 Å². The highest BCUT2D eigenvalue weighted by molar-refractivity contribution is 4.70. The van der Waals surface area contributed by atoms with E-state index in [0.717, 1.165) is 6.42 Å². The first-order chi connectivity index (χ1) is 4.24. The lowest BCUT2D eigenvalue weighted by Crippen LogP contribution is -2.10. The molecule has 1 unspecified atom stereocenters. The molecule has 0 bridgehead atoms. The molecular weight excluding hydrogens is 116 g/mol. The Morgan fingerprint density at radius 3 is 2.33 bits per heavy atom. The van der Waals surface area contributed by atoms with Crippen LogP contribution in [0.1, 0.15) is 20.3 Å². The Labute approximate surface area is 56.2 Å². The Morgan fingerprint density at radius 1 is 1.44 bits per heavy atom. The molecule has 9 heavy (non-hydrogen) atoms. The lowest BCUT2D eigenvalue weighted by molar-refractivity contribution is -0.111. The molecular formula is C7H14O2. The number of ether oxygens (including phenoxy) is 2. The van der Waals surface area contributed by atoms with E-state index in [1.807, 2.05) is 0 Å². The minimum atomic E-state index is 0.0509. The van der Waals surface area contributed by atoms with Gasteiger partial charge in [0.25, 0.3) is 0 Å². The molecule has 0 aromatic heterocycles. The van der Waals surface area contributed by atoms with Crippen molar-refractivity contribution in [3.63, 3.8) is 0 Å². The van der Waals surface area contributed by atoms with Crippen LogP contribution in [0.4, 0.5) is 0 Å². The van der Waals surface area contributed by atoms with Gasteiger partial charge in [-0.05, 0) is 12.8 Å². The van der Waals surface area contributed by atoms with Crippen LogP contribution in [0.25, 0.3) is 0 Å². The predicted molar refractivity (Wildman–Crippen MR) is 35.1 cm³/mol. The normalized spacial score (nSPS) is 43.7. The average molecular weight is 130 g/mol. The van der Waals surface area contributed by atoms with E-state index in [9.17, 15) is 0 Å². The van der Waals surface area contributed by atoms with Crippen molar-refractivity contribution in [2.24, 2.45) is 5.92 Å². The maximum absolute atomic E-state index is 5.40. The molecule has 2 heteroatoms. The summed E-state index contributed by atoms with van der Waals surface area (Å²) < 4.78 is 10.4. The summed E-state index contributed by atoms with van der Waals surface area (Å²) >= 11 is 0. The third-order valence-corrected chi connectivity index (χ3v) is 1.99. The monoisotopic (exact) mass is 130 g/mol. The minimum Gasteiger partial charge on any atom is -0.356 e.